The molecule has 0 heterocycles. The minimum Gasteiger partial charge on any atom is -0.0950 e. The number of hydrogen-bond acceptors (Lipinski definition) is 0. The zero-order chi connectivity index (χ0) is 20.2. The molecule has 3 aromatic carbocycles. The second kappa shape index (κ2) is 12.8. The fourth-order valence-corrected chi connectivity index (χ4v) is 8.29. The fraction of sp³-hybridized carbons (Fsp3) is 0.308. The Balaban J connectivity index is 0.000000266. The minimum absolute atomic E-state index is 0.316. The van der Waals surface area contributed by atoms with E-state index in [0.717, 1.165) is 11.8 Å². The monoisotopic (exact) mass is 402 g/mol. The molecule has 0 aromatic heterocycles. The molecule has 0 fully saturated rings. The Hall–Kier alpha value is -1.59. The summed E-state index contributed by atoms with van der Waals surface area (Å²) in [4.78, 5) is 0. The first-order valence-corrected chi connectivity index (χ1v) is 14.5. The van der Waals surface area contributed by atoms with Crippen molar-refractivity contribution in [1.82, 2.24) is 0 Å². The van der Waals surface area contributed by atoms with Gasteiger partial charge in [-0.25, -0.2) is 0 Å². The predicted octanol–water partition coefficient (Wildman–Crippen LogP) is 4.51. The molecule has 0 nitrogen and oxygen atoms in total. The van der Waals surface area contributed by atoms with Crippen molar-refractivity contribution in [3.8, 4) is 0 Å². The summed E-state index contributed by atoms with van der Waals surface area (Å²) in [6.07, 6.45) is 0. The lowest BCUT2D eigenvalue weighted by molar-refractivity contribution is 0.700. The fourth-order valence-electron chi connectivity index (χ4n) is 3.45. The molecule has 2 heteroatoms. The van der Waals surface area contributed by atoms with Crippen molar-refractivity contribution >= 4 is 39.6 Å². The Kier molecular flexibility index (Phi) is 10.4. The van der Waals surface area contributed by atoms with Gasteiger partial charge in [0.05, 0.1) is 0 Å². The average Bonchev–Trinajstić information content (AvgIpc) is 2.71. The van der Waals surface area contributed by atoms with Crippen LogP contribution >= 0.6 is 0 Å². The molecule has 0 aliphatic heterocycles. The van der Waals surface area contributed by atoms with Gasteiger partial charge in [-0.05, 0) is 0 Å². The minimum atomic E-state index is -1.31. The highest BCUT2D eigenvalue weighted by molar-refractivity contribution is 6.95. The standard InChI is InChI=1S/C18H16Si.2C4H9.Al.H/c1-4-10-16(11-5-1)19(17-12-6-2-7-13-17)18-14-8-3-9-15-18;2*1-4(2)3;;/h1-15,19H;2*4H,1H2,2-3H3;;. The van der Waals surface area contributed by atoms with Gasteiger partial charge in [-0.2, -0.15) is 0 Å². The number of rotatable bonds is 7. The van der Waals surface area contributed by atoms with E-state index in [1.807, 2.05) is 0 Å². The van der Waals surface area contributed by atoms with Gasteiger partial charge in [-0.1, -0.05) is 157 Å². The molecule has 3 rings (SSSR count). The van der Waals surface area contributed by atoms with E-state index in [1.54, 1.807) is 0 Å². The lowest BCUT2D eigenvalue weighted by Gasteiger charge is -2.16. The summed E-state index contributed by atoms with van der Waals surface area (Å²) in [7, 11) is -1.31. The molecule has 0 saturated heterocycles. The van der Waals surface area contributed by atoms with Crippen molar-refractivity contribution in [2.24, 2.45) is 11.8 Å². The molecule has 0 unspecified atom stereocenters. The van der Waals surface area contributed by atoms with Gasteiger partial charge in [-0.3, -0.25) is 0 Å². The Morgan fingerprint density at radius 2 is 0.821 bits per heavy atom. The van der Waals surface area contributed by atoms with E-state index < -0.39 is 8.80 Å². The van der Waals surface area contributed by atoms with Gasteiger partial charge in [0.15, 0.2) is 0 Å². The molecule has 28 heavy (non-hydrogen) atoms. The molecular weight excluding hydrogens is 367 g/mol. The van der Waals surface area contributed by atoms with Crippen LogP contribution in [0.4, 0.5) is 0 Å². The van der Waals surface area contributed by atoms with E-state index in [0.29, 0.717) is 15.2 Å². The Bertz CT molecular complexity index is 652. The summed E-state index contributed by atoms with van der Waals surface area (Å²) < 4.78 is 0. The molecule has 0 spiro atoms. The Labute approximate surface area is 180 Å². The van der Waals surface area contributed by atoms with Crippen LogP contribution in [-0.4, -0.2) is 24.0 Å². The van der Waals surface area contributed by atoms with Crippen LogP contribution < -0.4 is 15.6 Å². The molecule has 0 saturated carbocycles. The van der Waals surface area contributed by atoms with E-state index in [2.05, 4.69) is 119 Å². The van der Waals surface area contributed by atoms with Crippen LogP contribution in [0, 0.1) is 11.8 Å². The predicted molar refractivity (Wildman–Crippen MR) is 132 cm³/mol. The van der Waals surface area contributed by atoms with E-state index >= 15 is 0 Å². The molecule has 146 valence electrons. The van der Waals surface area contributed by atoms with Crippen LogP contribution in [0.3, 0.4) is 0 Å². The van der Waals surface area contributed by atoms with Crippen molar-refractivity contribution in [3.63, 3.8) is 0 Å². The Morgan fingerprint density at radius 1 is 0.536 bits per heavy atom. The van der Waals surface area contributed by atoms with Gasteiger partial charge >= 0.3 is 0 Å². The van der Waals surface area contributed by atoms with E-state index in [-0.39, 0.29) is 0 Å². The van der Waals surface area contributed by atoms with Crippen LogP contribution in [0.15, 0.2) is 91.0 Å². The smallest absolute Gasteiger partial charge is 0.0950 e. The summed E-state index contributed by atoms with van der Waals surface area (Å²) in [6, 6.07) is 32.7. The van der Waals surface area contributed by atoms with Crippen molar-refractivity contribution in [2.75, 3.05) is 0 Å². The third-order valence-electron chi connectivity index (χ3n) is 4.96. The van der Waals surface area contributed by atoms with Crippen LogP contribution in [0.1, 0.15) is 27.7 Å². The topological polar surface area (TPSA) is 0 Å². The second-order valence-electron chi connectivity index (χ2n) is 8.38. The second-order valence-corrected chi connectivity index (χ2v) is 13.1. The maximum atomic E-state index is 2.33. The van der Waals surface area contributed by atoms with Crippen molar-refractivity contribution in [1.29, 1.82) is 0 Å². The SMILES string of the molecule is CC(C)[CH2][AlH][CH2]C(C)C.c1ccc([SiH](c2ccccc2)c2ccccc2)cc1. The lowest BCUT2D eigenvalue weighted by atomic mass is 10.3. The summed E-state index contributed by atoms with van der Waals surface area (Å²) in [6.45, 7) is 9.31. The first-order chi connectivity index (χ1) is 13.6. The van der Waals surface area contributed by atoms with Gasteiger partial charge in [0.2, 0.25) is 15.2 Å². The number of hydrogen-bond donors (Lipinski definition) is 0. The average molecular weight is 403 g/mol. The third kappa shape index (κ3) is 8.19. The molecule has 0 aliphatic rings. The van der Waals surface area contributed by atoms with Crippen molar-refractivity contribution < 1.29 is 0 Å². The van der Waals surface area contributed by atoms with E-state index in [9.17, 15) is 0 Å². The van der Waals surface area contributed by atoms with Crippen molar-refractivity contribution in [2.45, 2.75) is 38.3 Å². The van der Waals surface area contributed by atoms with E-state index in [1.165, 1.54) is 26.1 Å². The van der Waals surface area contributed by atoms with Gasteiger partial charge in [0, 0.05) is 0 Å². The zero-order valence-corrected chi connectivity index (χ0v) is 20.6. The summed E-state index contributed by atoms with van der Waals surface area (Å²) in [5.41, 5.74) is 0. The quantitative estimate of drug-likeness (QED) is 0.403. The van der Waals surface area contributed by atoms with Crippen molar-refractivity contribution in [3.05, 3.63) is 91.0 Å². The highest BCUT2D eigenvalue weighted by Crippen LogP contribution is 2.05. The normalized spacial score (nSPS) is 10.7. The molecular formula is C26H35AlSi. The first-order valence-electron chi connectivity index (χ1n) is 10.7. The maximum Gasteiger partial charge on any atom is 0.237 e. The molecule has 0 amide bonds. The number of benzene rings is 3. The molecule has 0 N–H and O–H groups in total. The molecule has 0 atom stereocenters. The van der Waals surface area contributed by atoms with Crippen LogP contribution in [0.2, 0.25) is 10.6 Å². The van der Waals surface area contributed by atoms with Gasteiger partial charge in [0.1, 0.15) is 8.80 Å². The molecule has 0 aliphatic carbocycles. The largest absolute Gasteiger partial charge is 0.237 e. The Morgan fingerprint density at radius 3 is 1.07 bits per heavy atom. The summed E-state index contributed by atoms with van der Waals surface area (Å²) in [5, 5.41) is 7.50. The summed E-state index contributed by atoms with van der Waals surface area (Å²) >= 11 is 0.316. The summed E-state index contributed by atoms with van der Waals surface area (Å²) in [5.74, 6) is 1.91. The van der Waals surface area contributed by atoms with E-state index in [4.69, 9.17) is 0 Å². The highest BCUT2D eigenvalue weighted by atomic mass is 28.3. The van der Waals surface area contributed by atoms with Crippen LogP contribution in [0.25, 0.3) is 0 Å². The lowest BCUT2D eigenvalue weighted by Crippen LogP contribution is -2.51. The highest BCUT2D eigenvalue weighted by Gasteiger charge is 2.17. The van der Waals surface area contributed by atoms with Crippen LogP contribution in [-0.2, 0) is 0 Å². The molecule has 0 radical (unpaired) electrons. The first kappa shape index (κ1) is 22.7. The van der Waals surface area contributed by atoms with Gasteiger partial charge < -0.3 is 0 Å². The molecule has 0 bridgehead atoms. The zero-order valence-electron chi connectivity index (χ0n) is 18.0. The third-order valence-corrected chi connectivity index (χ3v) is 11.2. The van der Waals surface area contributed by atoms with Gasteiger partial charge in [0.25, 0.3) is 0 Å². The molecule has 3 aromatic rings. The van der Waals surface area contributed by atoms with Crippen LogP contribution in [0.5, 0.6) is 0 Å². The maximum absolute atomic E-state index is 2.33. The van der Waals surface area contributed by atoms with Gasteiger partial charge in [-0.15, -0.1) is 0 Å².